The molecule has 2 heteroatoms. The van der Waals surface area contributed by atoms with Crippen molar-refractivity contribution in [3.8, 4) is 0 Å². The molecule has 0 atom stereocenters. The SMILES string of the molecule is CC(=O)C=[PH](c1ccccc1)c1ccccc1. The van der Waals surface area contributed by atoms with E-state index in [0.717, 1.165) is 0 Å². The molecule has 0 N–H and O–H groups in total. The predicted octanol–water partition coefficient (Wildman–Crippen LogP) is 2.24. The lowest BCUT2D eigenvalue weighted by Crippen LogP contribution is -2.09. The van der Waals surface area contributed by atoms with Crippen molar-refractivity contribution in [1.29, 1.82) is 0 Å². The molecule has 0 radical (unpaired) electrons. The van der Waals surface area contributed by atoms with Gasteiger partial charge >= 0.3 is 0 Å². The number of ketones is 1. The van der Waals surface area contributed by atoms with E-state index in [0.29, 0.717) is 0 Å². The van der Waals surface area contributed by atoms with Crippen molar-refractivity contribution in [2.24, 2.45) is 0 Å². The van der Waals surface area contributed by atoms with Crippen molar-refractivity contribution in [2.75, 3.05) is 0 Å². The molecule has 0 unspecified atom stereocenters. The Morgan fingerprint density at radius 1 is 0.882 bits per heavy atom. The zero-order valence-corrected chi connectivity index (χ0v) is 10.8. The summed E-state index contributed by atoms with van der Waals surface area (Å²) in [6.07, 6.45) is 0. The van der Waals surface area contributed by atoms with E-state index in [-0.39, 0.29) is 5.78 Å². The van der Waals surface area contributed by atoms with Crippen LogP contribution in [0, 0.1) is 0 Å². The number of carbonyl (C=O) groups is 1. The van der Waals surface area contributed by atoms with Crippen LogP contribution < -0.4 is 10.6 Å². The molecule has 0 aliphatic rings. The normalized spacial score (nSPS) is 10.2. The Labute approximate surface area is 103 Å². The van der Waals surface area contributed by atoms with Crippen molar-refractivity contribution in [3.05, 3.63) is 60.7 Å². The first-order valence-electron chi connectivity index (χ1n) is 5.60. The summed E-state index contributed by atoms with van der Waals surface area (Å²) in [7, 11) is -1.07. The van der Waals surface area contributed by atoms with E-state index in [1.54, 1.807) is 6.92 Å². The molecule has 2 aromatic carbocycles. The number of carbonyl (C=O) groups excluding carboxylic acids is 1. The molecular weight excluding hydrogens is 227 g/mol. The molecule has 0 spiro atoms. The predicted molar refractivity (Wildman–Crippen MR) is 77.2 cm³/mol. The molecule has 0 saturated heterocycles. The minimum absolute atomic E-state index is 0.145. The topological polar surface area (TPSA) is 17.1 Å². The van der Waals surface area contributed by atoms with E-state index in [2.05, 4.69) is 24.3 Å². The maximum absolute atomic E-state index is 11.4. The number of rotatable bonds is 3. The fraction of sp³-hybridized carbons (Fsp3) is 0.0667. The molecule has 86 valence electrons. The quantitative estimate of drug-likeness (QED) is 0.754. The van der Waals surface area contributed by atoms with Gasteiger partial charge in [-0.25, -0.2) is 0 Å². The number of hydrogen-bond donors (Lipinski definition) is 0. The van der Waals surface area contributed by atoms with Crippen molar-refractivity contribution >= 4 is 29.7 Å². The molecule has 1 nitrogen and oxygen atoms in total. The molecule has 0 saturated carbocycles. The van der Waals surface area contributed by atoms with Gasteiger partial charge in [-0.3, -0.25) is 4.79 Å². The third-order valence-electron chi connectivity index (χ3n) is 2.52. The zero-order chi connectivity index (χ0) is 12.1. The van der Waals surface area contributed by atoms with Crippen LogP contribution in [0.4, 0.5) is 0 Å². The lowest BCUT2D eigenvalue weighted by molar-refractivity contribution is -0.110. The van der Waals surface area contributed by atoms with E-state index < -0.39 is 7.55 Å². The summed E-state index contributed by atoms with van der Waals surface area (Å²) in [6, 6.07) is 20.5. The van der Waals surface area contributed by atoms with Gasteiger partial charge < -0.3 is 0 Å². The summed E-state index contributed by atoms with van der Waals surface area (Å²) in [5, 5.41) is 2.50. The van der Waals surface area contributed by atoms with Crippen molar-refractivity contribution in [2.45, 2.75) is 6.92 Å². The highest BCUT2D eigenvalue weighted by atomic mass is 31.1. The van der Waals surface area contributed by atoms with Gasteiger partial charge in [-0.15, -0.1) is 0 Å². The van der Waals surface area contributed by atoms with Gasteiger partial charge in [-0.05, 0) is 23.3 Å². The van der Waals surface area contributed by atoms with Crippen molar-refractivity contribution < 1.29 is 4.79 Å². The van der Waals surface area contributed by atoms with Crippen molar-refractivity contribution in [1.82, 2.24) is 0 Å². The summed E-state index contributed by atoms with van der Waals surface area (Å²) >= 11 is 0. The second-order valence-electron chi connectivity index (χ2n) is 3.90. The standard InChI is InChI=1S/C15H15OP/c1-13(16)12-17(14-8-4-2-5-9-14)15-10-6-3-7-11-15/h2-12,17H,1H3. The van der Waals surface area contributed by atoms with Gasteiger partial charge in [0.05, 0.1) is 0 Å². The number of benzene rings is 2. The van der Waals surface area contributed by atoms with E-state index in [4.69, 9.17) is 0 Å². The van der Waals surface area contributed by atoms with Crippen LogP contribution in [0.25, 0.3) is 0 Å². The van der Waals surface area contributed by atoms with Crippen LogP contribution >= 0.6 is 7.55 Å². The van der Waals surface area contributed by atoms with Crippen LogP contribution in [0.15, 0.2) is 60.7 Å². The highest BCUT2D eigenvalue weighted by Gasteiger charge is 2.03. The van der Waals surface area contributed by atoms with Crippen LogP contribution in [0.5, 0.6) is 0 Å². The summed E-state index contributed by atoms with van der Waals surface area (Å²) in [4.78, 5) is 11.4. The van der Waals surface area contributed by atoms with Gasteiger partial charge in [-0.2, -0.15) is 0 Å². The third-order valence-corrected chi connectivity index (χ3v) is 5.12. The number of hydrogen-bond acceptors (Lipinski definition) is 1. The lowest BCUT2D eigenvalue weighted by atomic mass is 10.4. The van der Waals surface area contributed by atoms with E-state index in [1.807, 2.05) is 42.2 Å². The largest absolute Gasteiger partial charge is 0.295 e. The summed E-state index contributed by atoms with van der Waals surface area (Å²) in [5.74, 6) is 2.02. The van der Waals surface area contributed by atoms with Crippen LogP contribution in [0.1, 0.15) is 6.92 Å². The van der Waals surface area contributed by atoms with Crippen LogP contribution in [0.2, 0.25) is 0 Å². The first-order valence-corrected chi connectivity index (χ1v) is 7.18. The first-order chi connectivity index (χ1) is 8.27. The Hall–Kier alpha value is -1.59. The molecule has 0 bridgehead atoms. The average molecular weight is 242 g/mol. The summed E-state index contributed by atoms with van der Waals surface area (Å²) in [5.41, 5.74) is 0. The molecule has 0 fully saturated rings. The Bertz CT molecular complexity index is 488. The first kappa shape index (κ1) is 11.9. The second-order valence-corrected chi connectivity index (χ2v) is 6.17. The van der Waals surface area contributed by atoms with Gasteiger partial charge in [0.15, 0.2) is 5.78 Å². The minimum atomic E-state index is -1.07. The van der Waals surface area contributed by atoms with Crippen LogP contribution in [0.3, 0.4) is 0 Å². The highest BCUT2D eigenvalue weighted by Crippen LogP contribution is 2.20. The van der Waals surface area contributed by atoms with Crippen LogP contribution in [-0.2, 0) is 4.79 Å². The number of Topliss-reactive ketones (excluding diaryl/α,β-unsaturated/α-hetero) is 1. The second kappa shape index (κ2) is 5.65. The maximum atomic E-state index is 11.4. The Morgan fingerprint density at radius 3 is 1.65 bits per heavy atom. The summed E-state index contributed by atoms with van der Waals surface area (Å²) in [6.45, 7) is 1.62. The van der Waals surface area contributed by atoms with E-state index in [9.17, 15) is 4.79 Å². The fourth-order valence-electron chi connectivity index (χ4n) is 1.77. The third kappa shape index (κ3) is 3.18. The molecule has 0 amide bonds. The molecule has 2 aromatic rings. The Balaban J connectivity index is 2.51. The van der Waals surface area contributed by atoms with Crippen molar-refractivity contribution in [3.63, 3.8) is 0 Å². The maximum Gasteiger partial charge on any atom is 0.153 e. The molecule has 0 aliphatic heterocycles. The minimum Gasteiger partial charge on any atom is -0.295 e. The van der Waals surface area contributed by atoms with Gasteiger partial charge in [0.25, 0.3) is 0 Å². The average Bonchev–Trinajstić information content (AvgIpc) is 2.38. The molecular formula is C15H15OP. The van der Waals surface area contributed by atoms with Crippen LogP contribution in [-0.4, -0.2) is 11.6 Å². The molecule has 2 rings (SSSR count). The van der Waals surface area contributed by atoms with Gasteiger partial charge in [-0.1, -0.05) is 68.2 Å². The van der Waals surface area contributed by atoms with E-state index >= 15 is 0 Å². The molecule has 0 heterocycles. The van der Waals surface area contributed by atoms with Gasteiger partial charge in [0.1, 0.15) is 0 Å². The Morgan fingerprint density at radius 2 is 1.29 bits per heavy atom. The Kier molecular flexibility index (Phi) is 3.95. The smallest absolute Gasteiger partial charge is 0.153 e. The van der Waals surface area contributed by atoms with Gasteiger partial charge in [0, 0.05) is 0 Å². The fourth-order valence-corrected chi connectivity index (χ4v) is 3.95. The molecule has 17 heavy (non-hydrogen) atoms. The zero-order valence-electron chi connectivity index (χ0n) is 9.76. The van der Waals surface area contributed by atoms with E-state index in [1.165, 1.54) is 10.6 Å². The highest BCUT2D eigenvalue weighted by molar-refractivity contribution is 7.73. The van der Waals surface area contributed by atoms with Gasteiger partial charge in [0.2, 0.25) is 0 Å². The monoisotopic (exact) mass is 242 g/mol. The molecule has 0 aliphatic carbocycles. The lowest BCUT2D eigenvalue weighted by Gasteiger charge is -2.08. The molecule has 0 aromatic heterocycles. The summed E-state index contributed by atoms with van der Waals surface area (Å²) < 4.78 is 0.